The standard InChI is InChI=1S/C6H18OSi2.He/c1-8(2,3)7-9(4,5)6;/h1-6H3;. The Morgan fingerprint density at radius 2 is 0.900 bits per heavy atom. The molecule has 0 aromatic carbocycles. The van der Waals surface area contributed by atoms with E-state index in [1.807, 2.05) is 0 Å². The van der Waals surface area contributed by atoms with E-state index < -0.39 is 16.6 Å². The minimum Gasteiger partial charge on any atom is -0.456 e. The van der Waals surface area contributed by atoms with Gasteiger partial charge in [0.25, 0.3) is 0 Å². The quantitative estimate of drug-likeness (QED) is 0.573. The van der Waals surface area contributed by atoms with Gasteiger partial charge in [-0.3, -0.25) is 0 Å². The Balaban J connectivity index is 0. The Bertz CT molecular complexity index is 80.9. The Morgan fingerprint density at radius 1 is 0.700 bits per heavy atom. The molecule has 1 nitrogen and oxygen atoms in total. The number of rotatable bonds is 2. The summed E-state index contributed by atoms with van der Waals surface area (Å²) in [5, 5.41) is 0. The predicted molar refractivity (Wildman–Crippen MR) is 47.8 cm³/mol. The van der Waals surface area contributed by atoms with Crippen molar-refractivity contribution in [3.63, 3.8) is 0 Å². The summed E-state index contributed by atoms with van der Waals surface area (Å²) in [5.41, 5.74) is 0. The van der Waals surface area contributed by atoms with Gasteiger partial charge in [-0.1, -0.05) is 0 Å². The van der Waals surface area contributed by atoms with E-state index in [2.05, 4.69) is 39.3 Å². The topological polar surface area (TPSA) is 9.23 Å². The fourth-order valence-corrected chi connectivity index (χ4v) is 8.27. The van der Waals surface area contributed by atoms with Crippen LogP contribution in [0.1, 0.15) is 0 Å². The molecule has 0 radical (unpaired) electrons. The summed E-state index contributed by atoms with van der Waals surface area (Å²) in [7, 11) is -2.46. The van der Waals surface area contributed by atoms with Crippen LogP contribution in [0.15, 0.2) is 0 Å². The van der Waals surface area contributed by atoms with E-state index in [1.165, 1.54) is 0 Å². The molecule has 0 atom stereocenters. The minimum atomic E-state index is -1.23. The zero-order valence-electron chi connectivity index (χ0n) is 8.12. The summed E-state index contributed by atoms with van der Waals surface area (Å²) in [6, 6.07) is 0. The van der Waals surface area contributed by atoms with E-state index in [9.17, 15) is 0 Å². The van der Waals surface area contributed by atoms with Crippen molar-refractivity contribution in [2.24, 2.45) is 0 Å². The molecular formula is C6H18HeOSi2. The molecule has 0 aliphatic rings. The van der Waals surface area contributed by atoms with E-state index >= 15 is 0 Å². The zero-order chi connectivity index (χ0) is 7.71. The minimum absolute atomic E-state index is 0. The molecule has 0 saturated heterocycles. The summed E-state index contributed by atoms with van der Waals surface area (Å²) >= 11 is 0. The molecule has 0 rings (SSSR count). The molecule has 0 amide bonds. The first-order chi connectivity index (χ1) is 3.71. The maximum Gasteiger partial charge on any atom is 0.170 e. The first kappa shape index (κ1) is 12.9. The molecular weight excluding hydrogens is 148 g/mol. The van der Waals surface area contributed by atoms with Gasteiger partial charge in [0.05, 0.1) is 0 Å². The Hall–Kier alpha value is 0.303. The van der Waals surface area contributed by atoms with Crippen LogP contribution < -0.4 is 0 Å². The van der Waals surface area contributed by atoms with Crippen molar-refractivity contribution in [2.75, 3.05) is 0 Å². The van der Waals surface area contributed by atoms with Gasteiger partial charge < -0.3 is 4.12 Å². The molecule has 0 aliphatic heterocycles. The summed E-state index contributed by atoms with van der Waals surface area (Å²) in [5.74, 6) is 0. The van der Waals surface area contributed by atoms with Gasteiger partial charge in [0.15, 0.2) is 16.6 Å². The third-order valence-electron chi connectivity index (χ3n) is 0.612. The molecule has 0 saturated carbocycles. The Kier molecular flexibility index (Phi) is 4.69. The third-order valence-corrected chi connectivity index (χ3v) is 5.51. The molecule has 0 N–H and O–H groups in total. The molecule has 0 aromatic heterocycles. The summed E-state index contributed by atoms with van der Waals surface area (Å²) in [4.78, 5) is 0. The first-order valence-corrected chi connectivity index (χ1v) is 10.2. The van der Waals surface area contributed by atoms with Crippen LogP contribution in [0.2, 0.25) is 39.3 Å². The molecule has 0 bridgehead atoms. The third kappa shape index (κ3) is 11.1. The fraction of sp³-hybridized carbons (Fsp3) is 1.00. The molecule has 0 heterocycles. The molecule has 0 aromatic rings. The molecule has 58 valence electrons. The van der Waals surface area contributed by atoms with Crippen LogP contribution in [0, 0.1) is 6.15 Å². The maximum atomic E-state index is 5.90. The average Bonchev–Trinajstić information content (AvgIpc) is 1.14. The molecule has 0 aliphatic carbocycles. The summed E-state index contributed by atoms with van der Waals surface area (Å²) in [6.07, 6.45) is 0. The van der Waals surface area contributed by atoms with Crippen LogP contribution in [0.5, 0.6) is 0 Å². The SMILES string of the molecule is C[Si](C)(C)O[Si](C)(C)C.[He]. The largest absolute Gasteiger partial charge is 0.456 e. The second-order valence-corrected chi connectivity index (χ2v) is 13.6. The molecule has 0 fully saturated rings. The van der Waals surface area contributed by atoms with E-state index in [0.29, 0.717) is 0 Å². The average molecular weight is 166 g/mol. The van der Waals surface area contributed by atoms with Crippen molar-refractivity contribution in [1.82, 2.24) is 0 Å². The van der Waals surface area contributed by atoms with Crippen LogP contribution in [-0.4, -0.2) is 16.6 Å². The normalized spacial score (nSPS) is 12.6. The van der Waals surface area contributed by atoms with E-state index in [4.69, 9.17) is 4.12 Å². The van der Waals surface area contributed by atoms with Crippen LogP contribution in [0.4, 0.5) is 0 Å². The van der Waals surface area contributed by atoms with Gasteiger partial charge in [-0.15, -0.1) is 0 Å². The molecule has 10 heavy (non-hydrogen) atoms. The van der Waals surface area contributed by atoms with Crippen molar-refractivity contribution < 1.29 is 10.3 Å². The Morgan fingerprint density at radius 3 is 0.900 bits per heavy atom. The van der Waals surface area contributed by atoms with Crippen molar-refractivity contribution in [1.29, 1.82) is 0 Å². The van der Waals surface area contributed by atoms with E-state index in [1.54, 1.807) is 0 Å². The van der Waals surface area contributed by atoms with Gasteiger partial charge in [0.2, 0.25) is 0 Å². The van der Waals surface area contributed by atoms with E-state index in [0.717, 1.165) is 0 Å². The van der Waals surface area contributed by atoms with Crippen molar-refractivity contribution in [3.8, 4) is 0 Å². The van der Waals surface area contributed by atoms with Crippen LogP contribution in [0.3, 0.4) is 0 Å². The fourth-order valence-electron chi connectivity index (χ4n) is 0.919. The van der Waals surface area contributed by atoms with Crippen LogP contribution >= 0.6 is 0 Å². The van der Waals surface area contributed by atoms with Crippen molar-refractivity contribution in [3.05, 3.63) is 0 Å². The predicted octanol–water partition coefficient (Wildman–Crippen LogP) is 2.67. The van der Waals surface area contributed by atoms with Crippen LogP contribution in [0.25, 0.3) is 0 Å². The van der Waals surface area contributed by atoms with Gasteiger partial charge >= 0.3 is 0 Å². The van der Waals surface area contributed by atoms with Gasteiger partial charge in [-0.25, -0.2) is 0 Å². The smallest absolute Gasteiger partial charge is 0.170 e. The van der Waals surface area contributed by atoms with Gasteiger partial charge in [0.1, 0.15) is 0 Å². The zero-order valence-corrected chi connectivity index (χ0v) is 10.1. The second kappa shape index (κ2) is 3.62. The number of hydrogen-bond acceptors (Lipinski definition) is 1. The monoisotopic (exact) mass is 166 g/mol. The maximum absolute atomic E-state index is 5.90. The van der Waals surface area contributed by atoms with Gasteiger partial charge in [-0.05, 0) is 39.3 Å². The van der Waals surface area contributed by atoms with E-state index in [-0.39, 0.29) is 6.15 Å². The summed E-state index contributed by atoms with van der Waals surface area (Å²) < 4.78 is 5.90. The van der Waals surface area contributed by atoms with Crippen LogP contribution in [-0.2, 0) is 4.12 Å². The second-order valence-electron chi connectivity index (χ2n) is 4.33. The Labute approximate surface area is 66.8 Å². The number of hydrogen-bond donors (Lipinski definition) is 0. The molecule has 0 unspecified atom stereocenters. The van der Waals surface area contributed by atoms with Crippen molar-refractivity contribution >= 4 is 16.6 Å². The first-order valence-electron chi connectivity index (χ1n) is 3.41. The summed E-state index contributed by atoms with van der Waals surface area (Å²) in [6.45, 7) is 13.4. The van der Waals surface area contributed by atoms with Crippen molar-refractivity contribution in [2.45, 2.75) is 39.3 Å². The van der Waals surface area contributed by atoms with Gasteiger partial charge in [-0.2, -0.15) is 0 Å². The molecule has 0 spiro atoms. The van der Waals surface area contributed by atoms with Gasteiger partial charge in [0, 0.05) is 6.15 Å². The molecule has 4 heteroatoms.